The molecule has 1 N–H and O–H groups in total. The van der Waals surface area contributed by atoms with Gasteiger partial charge in [0, 0.05) is 23.0 Å². The number of amides is 1. The average Bonchev–Trinajstić information content (AvgIpc) is 2.66. The summed E-state index contributed by atoms with van der Waals surface area (Å²) in [6.45, 7) is 6.36. The smallest absolute Gasteiger partial charge is 0.227 e. The minimum absolute atomic E-state index is 0.0698. The largest absolute Gasteiger partial charge is 0.493 e. The number of benzene rings is 2. The van der Waals surface area contributed by atoms with E-state index in [1.165, 1.54) is 17.3 Å². The lowest BCUT2D eigenvalue weighted by molar-refractivity contribution is -0.116. The Hall–Kier alpha value is -2.86. The fourth-order valence-corrected chi connectivity index (χ4v) is 3.52. The maximum absolute atomic E-state index is 12.3. The second-order valence-corrected chi connectivity index (χ2v) is 7.57. The van der Waals surface area contributed by atoms with E-state index in [0.717, 1.165) is 27.5 Å². The number of aromatic nitrogens is 2. The predicted octanol–water partition coefficient (Wildman–Crippen LogP) is 4.96. The molecule has 0 bridgehead atoms. The number of nitrogens with one attached hydrogen (secondary N) is 1. The molecule has 0 aliphatic carbocycles. The van der Waals surface area contributed by atoms with E-state index in [1.807, 2.05) is 51.1 Å². The van der Waals surface area contributed by atoms with E-state index in [1.54, 1.807) is 18.5 Å². The van der Waals surface area contributed by atoms with Gasteiger partial charge in [0.05, 0.1) is 13.0 Å². The van der Waals surface area contributed by atoms with E-state index in [9.17, 15) is 4.79 Å². The molecule has 0 aliphatic rings. The molecule has 28 heavy (non-hydrogen) atoms. The van der Waals surface area contributed by atoms with Crippen molar-refractivity contribution in [1.82, 2.24) is 9.97 Å². The fraction of sp³-hybridized carbons (Fsp3) is 0.227. The van der Waals surface area contributed by atoms with Gasteiger partial charge in [-0.15, -0.1) is 0 Å². The van der Waals surface area contributed by atoms with Crippen molar-refractivity contribution in [3.05, 3.63) is 71.5 Å². The van der Waals surface area contributed by atoms with Gasteiger partial charge in [-0.05, 0) is 74.0 Å². The third kappa shape index (κ3) is 5.57. The molecule has 6 heteroatoms. The Morgan fingerprint density at radius 2 is 1.82 bits per heavy atom. The maximum atomic E-state index is 12.3. The molecule has 1 aromatic heterocycles. The third-order valence-corrected chi connectivity index (χ3v) is 5.02. The molecule has 1 heterocycles. The Kier molecular flexibility index (Phi) is 6.66. The molecule has 0 atom stereocenters. The Morgan fingerprint density at radius 3 is 2.54 bits per heavy atom. The molecule has 3 rings (SSSR count). The van der Waals surface area contributed by atoms with Crippen molar-refractivity contribution in [2.75, 3.05) is 11.9 Å². The first kappa shape index (κ1) is 19.9. The second-order valence-electron chi connectivity index (χ2n) is 6.53. The Balaban J connectivity index is 1.52. The highest BCUT2D eigenvalue weighted by Crippen LogP contribution is 2.28. The molecule has 3 aromatic rings. The summed E-state index contributed by atoms with van der Waals surface area (Å²) >= 11 is 1.49. The van der Waals surface area contributed by atoms with Crippen molar-refractivity contribution in [3.63, 3.8) is 0 Å². The van der Waals surface area contributed by atoms with Gasteiger partial charge in [0.1, 0.15) is 5.75 Å². The van der Waals surface area contributed by atoms with Crippen LogP contribution in [0.3, 0.4) is 0 Å². The molecule has 0 fully saturated rings. The zero-order valence-corrected chi connectivity index (χ0v) is 17.0. The van der Waals surface area contributed by atoms with Crippen molar-refractivity contribution in [2.24, 2.45) is 0 Å². The van der Waals surface area contributed by atoms with E-state index in [-0.39, 0.29) is 5.91 Å². The van der Waals surface area contributed by atoms with Crippen LogP contribution in [0.25, 0.3) is 0 Å². The normalized spacial score (nSPS) is 10.5. The van der Waals surface area contributed by atoms with Gasteiger partial charge in [-0.25, -0.2) is 9.97 Å². The van der Waals surface area contributed by atoms with Crippen LogP contribution < -0.4 is 10.1 Å². The van der Waals surface area contributed by atoms with Gasteiger partial charge < -0.3 is 10.1 Å². The van der Waals surface area contributed by atoms with Crippen LogP contribution in [0.15, 0.2) is 64.9 Å². The fourth-order valence-electron chi connectivity index (χ4n) is 2.71. The lowest BCUT2D eigenvalue weighted by Crippen LogP contribution is -2.16. The van der Waals surface area contributed by atoms with Gasteiger partial charge in [0.25, 0.3) is 0 Å². The number of anilines is 1. The van der Waals surface area contributed by atoms with Gasteiger partial charge in [0.2, 0.25) is 5.91 Å². The summed E-state index contributed by atoms with van der Waals surface area (Å²) in [5, 5.41) is 3.65. The number of carbonyl (C=O) groups is 1. The van der Waals surface area contributed by atoms with Crippen LogP contribution in [-0.2, 0) is 4.79 Å². The molecular weight excluding hydrogens is 370 g/mol. The first-order chi connectivity index (χ1) is 13.5. The van der Waals surface area contributed by atoms with Gasteiger partial charge in [-0.3, -0.25) is 4.79 Å². The van der Waals surface area contributed by atoms with Crippen molar-refractivity contribution >= 4 is 23.4 Å². The van der Waals surface area contributed by atoms with E-state index >= 15 is 0 Å². The number of hydrogen-bond acceptors (Lipinski definition) is 5. The van der Waals surface area contributed by atoms with Crippen LogP contribution in [0.1, 0.15) is 23.1 Å². The molecule has 0 unspecified atom stereocenters. The SMILES string of the molecule is Cc1ccc(OCCC(=O)Nc2ccc(Sc3ncccn3)cc2C)c(C)c1. The molecule has 0 aliphatic heterocycles. The number of hydrogen-bond donors (Lipinski definition) is 1. The summed E-state index contributed by atoms with van der Waals surface area (Å²) in [4.78, 5) is 21.7. The van der Waals surface area contributed by atoms with E-state index < -0.39 is 0 Å². The van der Waals surface area contributed by atoms with Crippen LogP contribution in [0.5, 0.6) is 5.75 Å². The van der Waals surface area contributed by atoms with Crippen LogP contribution in [0, 0.1) is 20.8 Å². The number of rotatable bonds is 7. The highest BCUT2D eigenvalue weighted by Gasteiger charge is 2.08. The Morgan fingerprint density at radius 1 is 1.04 bits per heavy atom. The van der Waals surface area contributed by atoms with Gasteiger partial charge >= 0.3 is 0 Å². The quantitative estimate of drug-likeness (QED) is 0.575. The van der Waals surface area contributed by atoms with E-state index in [2.05, 4.69) is 21.4 Å². The minimum atomic E-state index is -0.0698. The predicted molar refractivity (Wildman–Crippen MR) is 112 cm³/mol. The molecule has 0 saturated carbocycles. The van der Waals surface area contributed by atoms with Crippen LogP contribution in [-0.4, -0.2) is 22.5 Å². The lowest BCUT2D eigenvalue weighted by atomic mass is 10.1. The van der Waals surface area contributed by atoms with Gasteiger partial charge in [-0.2, -0.15) is 0 Å². The number of nitrogens with zero attached hydrogens (tertiary/aromatic N) is 2. The average molecular weight is 394 g/mol. The van der Waals surface area contributed by atoms with E-state index in [4.69, 9.17) is 4.74 Å². The van der Waals surface area contributed by atoms with Crippen molar-refractivity contribution in [1.29, 1.82) is 0 Å². The van der Waals surface area contributed by atoms with E-state index in [0.29, 0.717) is 18.2 Å². The van der Waals surface area contributed by atoms with Gasteiger partial charge in [-0.1, -0.05) is 17.7 Å². The number of aryl methyl sites for hydroxylation is 3. The van der Waals surface area contributed by atoms with Gasteiger partial charge in [0.15, 0.2) is 5.16 Å². The maximum Gasteiger partial charge on any atom is 0.227 e. The van der Waals surface area contributed by atoms with Crippen LogP contribution >= 0.6 is 11.8 Å². The Bertz CT molecular complexity index is 961. The molecular formula is C22H23N3O2S. The highest BCUT2D eigenvalue weighted by molar-refractivity contribution is 7.99. The van der Waals surface area contributed by atoms with Crippen LogP contribution in [0.4, 0.5) is 5.69 Å². The van der Waals surface area contributed by atoms with Crippen molar-refractivity contribution < 1.29 is 9.53 Å². The summed E-state index contributed by atoms with van der Waals surface area (Å²) < 4.78 is 5.74. The molecule has 5 nitrogen and oxygen atoms in total. The molecule has 0 saturated heterocycles. The highest BCUT2D eigenvalue weighted by atomic mass is 32.2. The zero-order chi connectivity index (χ0) is 19.9. The number of ether oxygens (including phenoxy) is 1. The number of carbonyl (C=O) groups excluding carboxylic acids is 1. The molecule has 2 aromatic carbocycles. The summed E-state index contributed by atoms with van der Waals surface area (Å²) in [6, 6.07) is 13.7. The second kappa shape index (κ2) is 9.37. The first-order valence-corrected chi connectivity index (χ1v) is 9.88. The Labute approximate surface area is 169 Å². The first-order valence-electron chi connectivity index (χ1n) is 9.07. The third-order valence-electron chi connectivity index (χ3n) is 4.14. The summed E-state index contributed by atoms with van der Waals surface area (Å²) in [6.07, 6.45) is 3.73. The summed E-state index contributed by atoms with van der Waals surface area (Å²) in [7, 11) is 0. The topological polar surface area (TPSA) is 64.1 Å². The van der Waals surface area contributed by atoms with Crippen molar-refractivity contribution in [3.8, 4) is 5.75 Å². The van der Waals surface area contributed by atoms with Crippen LogP contribution in [0.2, 0.25) is 0 Å². The molecule has 0 radical (unpaired) electrons. The molecule has 1 amide bonds. The molecule has 144 valence electrons. The van der Waals surface area contributed by atoms with Crippen molar-refractivity contribution in [2.45, 2.75) is 37.2 Å². The summed E-state index contributed by atoms with van der Waals surface area (Å²) in [5.41, 5.74) is 4.06. The minimum Gasteiger partial charge on any atom is -0.493 e. The zero-order valence-electron chi connectivity index (χ0n) is 16.2. The summed E-state index contributed by atoms with van der Waals surface area (Å²) in [5.74, 6) is 0.749. The molecule has 0 spiro atoms. The standard InChI is InChI=1S/C22H23N3O2S/c1-15-5-8-20(17(3)13-15)27-12-9-21(26)25-19-7-6-18(14-16(19)2)28-22-23-10-4-11-24-22/h4-8,10-11,13-14H,9,12H2,1-3H3,(H,25,26). The monoisotopic (exact) mass is 393 g/mol. The lowest BCUT2D eigenvalue weighted by Gasteiger charge is -2.12.